The van der Waals surface area contributed by atoms with Crippen LogP contribution in [-0.2, 0) is 16.6 Å². The molecule has 1 fully saturated rings. The van der Waals surface area contributed by atoms with Crippen LogP contribution in [0.2, 0.25) is 10.0 Å². The maximum atomic E-state index is 6.66. The molecule has 2 aliphatic rings. The van der Waals surface area contributed by atoms with E-state index in [-0.39, 0.29) is 5.41 Å². The van der Waals surface area contributed by atoms with Crippen molar-refractivity contribution in [3.63, 3.8) is 0 Å². The zero-order valence-corrected chi connectivity index (χ0v) is 22.6. The fourth-order valence-electron chi connectivity index (χ4n) is 4.87. The summed E-state index contributed by atoms with van der Waals surface area (Å²) in [4.78, 5) is 5.10. The van der Waals surface area contributed by atoms with E-state index in [0.29, 0.717) is 10.0 Å². The maximum absolute atomic E-state index is 6.66. The van der Waals surface area contributed by atoms with E-state index in [0.717, 1.165) is 58.1 Å². The fourth-order valence-corrected chi connectivity index (χ4v) is 5.62. The average Bonchev–Trinajstić information content (AvgIpc) is 3.39. The molecule has 182 valence electrons. The first kappa shape index (κ1) is 23.6. The molecular formula is C28H23BrCl2N4O. The summed E-state index contributed by atoms with van der Waals surface area (Å²) in [5.41, 5.74) is 7.89. The summed E-state index contributed by atoms with van der Waals surface area (Å²) in [7, 11) is 0. The minimum atomic E-state index is -0.488. The normalized spacial score (nSPS) is 17.9. The SMILES string of the molecule is CCc1c(C2NN=C(C3(c4ccccc4)CC3)O2)nc(-c2ccc(Cl)cc2Cl)n1-c1ccc(Br)cc1. The molecule has 1 saturated carbocycles. The molecule has 1 N–H and O–H groups in total. The summed E-state index contributed by atoms with van der Waals surface area (Å²) >= 11 is 16.4. The molecule has 8 heteroatoms. The Balaban J connectivity index is 1.43. The predicted molar refractivity (Wildman–Crippen MR) is 148 cm³/mol. The smallest absolute Gasteiger partial charge is 0.231 e. The highest BCUT2D eigenvalue weighted by Gasteiger charge is 2.53. The van der Waals surface area contributed by atoms with Crippen molar-refractivity contribution < 1.29 is 4.74 Å². The van der Waals surface area contributed by atoms with Crippen molar-refractivity contribution in [3.05, 3.63) is 104 Å². The Morgan fingerprint density at radius 3 is 2.47 bits per heavy atom. The Morgan fingerprint density at radius 2 is 1.81 bits per heavy atom. The molecule has 0 radical (unpaired) electrons. The van der Waals surface area contributed by atoms with Crippen molar-refractivity contribution in [1.29, 1.82) is 0 Å². The van der Waals surface area contributed by atoms with E-state index in [9.17, 15) is 0 Å². The van der Waals surface area contributed by atoms with Gasteiger partial charge in [-0.2, -0.15) is 0 Å². The topological polar surface area (TPSA) is 51.4 Å². The van der Waals surface area contributed by atoms with E-state index in [4.69, 9.17) is 32.9 Å². The second-order valence-electron chi connectivity index (χ2n) is 9.05. The first-order chi connectivity index (χ1) is 17.5. The highest BCUT2D eigenvalue weighted by atomic mass is 79.9. The molecule has 1 atom stereocenters. The molecule has 1 aliphatic carbocycles. The van der Waals surface area contributed by atoms with Gasteiger partial charge in [0.15, 0.2) is 0 Å². The number of benzene rings is 3. The lowest BCUT2D eigenvalue weighted by molar-refractivity contribution is 0.177. The van der Waals surface area contributed by atoms with Crippen molar-refractivity contribution >= 4 is 45.0 Å². The van der Waals surface area contributed by atoms with E-state index in [1.807, 2.05) is 30.3 Å². The van der Waals surface area contributed by atoms with Crippen LogP contribution in [0, 0.1) is 0 Å². The Morgan fingerprint density at radius 1 is 1.06 bits per heavy atom. The summed E-state index contributed by atoms with van der Waals surface area (Å²) in [5, 5.41) is 5.77. The molecule has 1 aliphatic heterocycles. The minimum Gasteiger partial charge on any atom is -0.448 e. The third kappa shape index (κ3) is 4.01. The molecule has 0 saturated heterocycles. The number of hydrazone groups is 1. The average molecular weight is 582 g/mol. The third-order valence-corrected chi connectivity index (χ3v) is 7.92. The lowest BCUT2D eigenvalue weighted by atomic mass is 9.96. The summed E-state index contributed by atoms with van der Waals surface area (Å²) in [6.07, 6.45) is 2.29. The molecule has 0 spiro atoms. The van der Waals surface area contributed by atoms with Crippen LogP contribution in [0.3, 0.4) is 0 Å². The van der Waals surface area contributed by atoms with Crippen LogP contribution in [0.15, 0.2) is 82.4 Å². The van der Waals surface area contributed by atoms with Gasteiger partial charge in [0.2, 0.25) is 12.1 Å². The van der Waals surface area contributed by atoms with Gasteiger partial charge in [-0.05, 0) is 67.3 Å². The van der Waals surface area contributed by atoms with Gasteiger partial charge in [-0.15, -0.1) is 5.10 Å². The van der Waals surface area contributed by atoms with Gasteiger partial charge in [-0.3, -0.25) is 9.99 Å². The molecule has 0 bridgehead atoms. The first-order valence-corrected chi connectivity index (χ1v) is 13.4. The van der Waals surface area contributed by atoms with Crippen molar-refractivity contribution in [2.75, 3.05) is 0 Å². The van der Waals surface area contributed by atoms with E-state index < -0.39 is 6.23 Å². The van der Waals surface area contributed by atoms with Gasteiger partial charge >= 0.3 is 0 Å². The Hall–Kier alpha value is -2.80. The summed E-state index contributed by atoms with van der Waals surface area (Å²) in [6, 6.07) is 24.1. The van der Waals surface area contributed by atoms with Gasteiger partial charge in [0.05, 0.1) is 16.1 Å². The Labute approximate surface area is 228 Å². The van der Waals surface area contributed by atoms with Crippen LogP contribution >= 0.6 is 39.1 Å². The van der Waals surface area contributed by atoms with Crippen LogP contribution in [0.5, 0.6) is 0 Å². The van der Waals surface area contributed by atoms with Gasteiger partial charge in [0.25, 0.3) is 0 Å². The molecule has 2 heterocycles. The van der Waals surface area contributed by atoms with E-state index in [1.54, 1.807) is 6.07 Å². The molecule has 36 heavy (non-hydrogen) atoms. The number of hydrogen-bond acceptors (Lipinski definition) is 4. The molecule has 3 aromatic carbocycles. The molecule has 0 amide bonds. The van der Waals surface area contributed by atoms with E-state index >= 15 is 0 Å². The highest BCUT2D eigenvalue weighted by Crippen LogP contribution is 2.51. The van der Waals surface area contributed by atoms with Gasteiger partial charge in [0, 0.05) is 20.7 Å². The van der Waals surface area contributed by atoms with Crippen molar-refractivity contribution in [2.24, 2.45) is 5.10 Å². The summed E-state index contributed by atoms with van der Waals surface area (Å²) in [6.45, 7) is 2.12. The van der Waals surface area contributed by atoms with Gasteiger partial charge in [-0.1, -0.05) is 76.4 Å². The summed E-state index contributed by atoms with van der Waals surface area (Å²) in [5.74, 6) is 1.46. The maximum Gasteiger partial charge on any atom is 0.231 e. The third-order valence-electron chi connectivity index (χ3n) is 6.84. The zero-order chi connectivity index (χ0) is 24.9. The molecule has 6 rings (SSSR count). The number of ether oxygens (including phenoxy) is 1. The zero-order valence-electron chi connectivity index (χ0n) is 19.5. The largest absolute Gasteiger partial charge is 0.448 e. The number of nitrogens with one attached hydrogen (secondary N) is 1. The molecular weight excluding hydrogens is 559 g/mol. The van der Waals surface area contributed by atoms with Crippen LogP contribution in [-0.4, -0.2) is 15.4 Å². The van der Waals surface area contributed by atoms with Gasteiger partial charge < -0.3 is 4.74 Å². The predicted octanol–water partition coefficient (Wildman–Crippen LogP) is 7.83. The van der Waals surface area contributed by atoms with Crippen molar-refractivity contribution in [1.82, 2.24) is 15.0 Å². The number of nitrogens with zero attached hydrogens (tertiary/aromatic N) is 3. The number of imidazole rings is 1. The van der Waals surface area contributed by atoms with Gasteiger partial charge in [-0.25, -0.2) is 4.98 Å². The van der Waals surface area contributed by atoms with Crippen LogP contribution in [0.25, 0.3) is 17.1 Å². The number of hydrogen-bond donors (Lipinski definition) is 1. The van der Waals surface area contributed by atoms with Crippen LogP contribution in [0.4, 0.5) is 0 Å². The quantitative estimate of drug-likeness (QED) is 0.252. The van der Waals surface area contributed by atoms with E-state index in [2.05, 4.69) is 74.3 Å². The molecule has 5 nitrogen and oxygen atoms in total. The number of halogens is 3. The molecule has 1 unspecified atom stereocenters. The lowest BCUT2D eigenvalue weighted by Crippen LogP contribution is -2.22. The fraction of sp³-hybridized carbons (Fsp3) is 0.214. The minimum absolute atomic E-state index is 0.161. The number of rotatable bonds is 6. The standard InChI is InChI=1S/C28H23BrCl2N4O/c1-2-23-24(26-33-34-27(36-26)28(14-15-28)17-6-4-3-5-7-17)32-25(21-13-10-19(30)16-22(21)31)35(23)20-11-8-18(29)9-12-20/h3-13,16,26,33H,2,14-15H2,1H3. The summed E-state index contributed by atoms with van der Waals surface area (Å²) < 4.78 is 9.63. The van der Waals surface area contributed by atoms with Gasteiger partial charge in [0.1, 0.15) is 11.5 Å². The molecule has 1 aromatic heterocycles. The first-order valence-electron chi connectivity index (χ1n) is 11.9. The second-order valence-corrected chi connectivity index (χ2v) is 10.8. The van der Waals surface area contributed by atoms with Crippen molar-refractivity contribution in [2.45, 2.75) is 37.8 Å². The molecule has 4 aromatic rings. The van der Waals surface area contributed by atoms with Crippen LogP contribution < -0.4 is 5.43 Å². The lowest BCUT2D eigenvalue weighted by Gasteiger charge is -2.17. The highest BCUT2D eigenvalue weighted by molar-refractivity contribution is 9.10. The Kier molecular flexibility index (Phi) is 6.06. The van der Waals surface area contributed by atoms with Crippen LogP contribution in [0.1, 0.15) is 42.9 Å². The van der Waals surface area contributed by atoms with Crippen molar-refractivity contribution in [3.8, 4) is 17.1 Å². The monoisotopic (exact) mass is 580 g/mol. The Bertz CT molecular complexity index is 1460. The second kappa shape index (κ2) is 9.25. The number of aromatic nitrogens is 2. The van der Waals surface area contributed by atoms with E-state index in [1.165, 1.54) is 5.56 Å².